The van der Waals surface area contributed by atoms with Crippen LogP contribution in [0.4, 0.5) is 0 Å². The van der Waals surface area contributed by atoms with Crippen molar-refractivity contribution in [2.75, 3.05) is 7.11 Å². The highest BCUT2D eigenvalue weighted by Gasteiger charge is 2.18. The Balaban J connectivity index is 2.08. The lowest BCUT2D eigenvalue weighted by atomic mass is 10.2. The van der Waals surface area contributed by atoms with Crippen LogP contribution >= 0.6 is 0 Å². The molecule has 2 aromatic heterocycles. The number of hydrogen-bond donors (Lipinski definition) is 1. The minimum Gasteiger partial charge on any atom is -0.494 e. The van der Waals surface area contributed by atoms with Crippen LogP contribution in [0.5, 0.6) is 5.75 Å². The third kappa shape index (κ3) is 2.67. The molecule has 0 atom stereocenters. The molecular formula is C14H17N7O. The van der Waals surface area contributed by atoms with Crippen molar-refractivity contribution < 1.29 is 4.74 Å². The number of nitrogens with zero attached hydrogens (tertiary/aromatic N) is 6. The number of H-pyrrole nitrogens is 1. The summed E-state index contributed by atoms with van der Waals surface area (Å²) in [6.07, 6.45) is 0.439. The molecule has 0 bridgehead atoms. The molecule has 8 nitrogen and oxygen atoms in total. The summed E-state index contributed by atoms with van der Waals surface area (Å²) in [7, 11) is 1.64. The summed E-state index contributed by atoms with van der Waals surface area (Å²) in [6.45, 7) is 4.11. The Morgan fingerprint density at radius 1 is 1.27 bits per heavy atom. The van der Waals surface area contributed by atoms with Crippen LogP contribution in [0, 0.1) is 0 Å². The van der Waals surface area contributed by atoms with E-state index in [1.165, 1.54) is 0 Å². The Bertz CT molecular complexity index is 748. The molecule has 1 N–H and O–H groups in total. The van der Waals surface area contributed by atoms with Crippen LogP contribution in [-0.4, -0.2) is 42.5 Å². The van der Waals surface area contributed by atoms with Gasteiger partial charge in [-0.1, -0.05) is 31.2 Å². The van der Waals surface area contributed by atoms with Crippen molar-refractivity contribution in [2.45, 2.75) is 26.2 Å². The van der Waals surface area contributed by atoms with Gasteiger partial charge in [0.2, 0.25) is 0 Å². The Morgan fingerprint density at radius 3 is 2.77 bits per heavy atom. The molecular weight excluding hydrogens is 282 g/mol. The molecule has 0 spiro atoms. The van der Waals surface area contributed by atoms with Crippen molar-refractivity contribution in [3.8, 4) is 11.4 Å². The molecule has 3 rings (SSSR count). The van der Waals surface area contributed by atoms with Gasteiger partial charge in [-0.25, -0.2) is 9.67 Å². The maximum atomic E-state index is 5.42. The number of hydrogen-bond acceptors (Lipinski definition) is 6. The van der Waals surface area contributed by atoms with E-state index in [2.05, 4.69) is 44.6 Å². The molecule has 114 valence electrons. The number of para-hydroxylation sites is 2. The van der Waals surface area contributed by atoms with Crippen LogP contribution in [0.3, 0.4) is 0 Å². The predicted molar refractivity (Wildman–Crippen MR) is 79.0 cm³/mol. The minimum absolute atomic E-state index is 0.222. The van der Waals surface area contributed by atoms with E-state index in [0.717, 1.165) is 23.1 Å². The van der Waals surface area contributed by atoms with Crippen LogP contribution in [-0.2, 0) is 6.42 Å². The number of benzene rings is 1. The number of methoxy groups -OCH3 is 1. The molecule has 2 heterocycles. The first-order valence-electron chi connectivity index (χ1n) is 7.00. The zero-order valence-electron chi connectivity index (χ0n) is 12.7. The Hall–Kier alpha value is -2.77. The molecule has 0 unspecified atom stereocenters. The summed E-state index contributed by atoms with van der Waals surface area (Å²) in [5, 5.41) is 18.6. The molecule has 0 aliphatic carbocycles. The Labute approximate surface area is 127 Å². The lowest BCUT2D eigenvalue weighted by Gasteiger charge is -2.09. The first-order chi connectivity index (χ1) is 10.7. The van der Waals surface area contributed by atoms with Crippen molar-refractivity contribution >= 4 is 0 Å². The van der Waals surface area contributed by atoms with Gasteiger partial charge in [-0.2, -0.15) is 10.3 Å². The van der Waals surface area contributed by atoms with E-state index in [1.54, 1.807) is 11.8 Å². The average molecular weight is 299 g/mol. The van der Waals surface area contributed by atoms with Crippen LogP contribution in [0.25, 0.3) is 5.69 Å². The first-order valence-corrected chi connectivity index (χ1v) is 7.00. The monoisotopic (exact) mass is 299 g/mol. The maximum Gasteiger partial charge on any atom is 0.182 e. The number of tetrazole rings is 1. The third-order valence-electron chi connectivity index (χ3n) is 3.23. The van der Waals surface area contributed by atoms with E-state index in [9.17, 15) is 0 Å². The van der Waals surface area contributed by atoms with Gasteiger partial charge in [-0.05, 0) is 12.1 Å². The van der Waals surface area contributed by atoms with Gasteiger partial charge in [0.1, 0.15) is 17.3 Å². The summed E-state index contributed by atoms with van der Waals surface area (Å²) in [6, 6.07) is 7.69. The Morgan fingerprint density at radius 2 is 2.09 bits per heavy atom. The Kier molecular flexibility index (Phi) is 3.82. The number of aromatic amines is 1. The normalized spacial score (nSPS) is 11.1. The van der Waals surface area contributed by atoms with E-state index < -0.39 is 0 Å². The highest BCUT2D eigenvalue weighted by molar-refractivity contribution is 5.46. The number of aromatic nitrogens is 7. The molecule has 0 fully saturated rings. The number of ether oxygens (including phenoxy) is 1. The van der Waals surface area contributed by atoms with Crippen LogP contribution < -0.4 is 4.74 Å². The first kappa shape index (κ1) is 14.2. The number of nitrogens with one attached hydrogen (secondary N) is 1. The van der Waals surface area contributed by atoms with Gasteiger partial charge in [-0.3, -0.25) is 0 Å². The fourth-order valence-corrected chi connectivity index (χ4v) is 2.12. The standard InChI is InChI=1S/C14H17N7O/c1-9(2)14-15-13(8-12-16-19-20-17-12)21(18-14)10-6-4-5-7-11(10)22-3/h4-7,9H,8H2,1-3H3,(H,16,17,19,20). The molecule has 0 aliphatic heterocycles. The van der Waals surface area contributed by atoms with Gasteiger partial charge in [0.15, 0.2) is 11.6 Å². The van der Waals surface area contributed by atoms with Gasteiger partial charge in [0.05, 0.1) is 13.5 Å². The molecule has 0 radical (unpaired) electrons. The molecule has 0 amide bonds. The van der Waals surface area contributed by atoms with Gasteiger partial charge < -0.3 is 4.74 Å². The quantitative estimate of drug-likeness (QED) is 0.767. The highest BCUT2D eigenvalue weighted by atomic mass is 16.5. The molecule has 8 heteroatoms. The average Bonchev–Trinajstić information content (AvgIpc) is 3.17. The SMILES string of the molecule is COc1ccccc1-n1nc(C(C)C)nc1Cc1nn[nH]n1. The fourth-order valence-electron chi connectivity index (χ4n) is 2.12. The van der Waals surface area contributed by atoms with Gasteiger partial charge in [0.25, 0.3) is 0 Å². The molecule has 0 saturated heterocycles. The smallest absolute Gasteiger partial charge is 0.182 e. The summed E-state index contributed by atoms with van der Waals surface area (Å²) >= 11 is 0. The lowest BCUT2D eigenvalue weighted by molar-refractivity contribution is 0.411. The van der Waals surface area contributed by atoms with E-state index >= 15 is 0 Å². The maximum absolute atomic E-state index is 5.42. The summed E-state index contributed by atoms with van der Waals surface area (Å²) in [5.74, 6) is 3.04. The van der Waals surface area contributed by atoms with E-state index in [-0.39, 0.29) is 5.92 Å². The zero-order chi connectivity index (χ0) is 15.5. The fraction of sp³-hybridized carbons (Fsp3) is 0.357. The molecule has 0 saturated carbocycles. The van der Waals surface area contributed by atoms with Crippen LogP contribution in [0.2, 0.25) is 0 Å². The second-order valence-corrected chi connectivity index (χ2v) is 5.13. The zero-order valence-corrected chi connectivity index (χ0v) is 12.7. The second kappa shape index (κ2) is 5.92. The summed E-state index contributed by atoms with van der Waals surface area (Å²) in [5.41, 5.74) is 0.836. The van der Waals surface area contributed by atoms with Crippen molar-refractivity contribution in [3.63, 3.8) is 0 Å². The molecule has 3 aromatic rings. The van der Waals surface area contributed by atoms with Crippen molar-refractivity contribution in [1.29, 1.82) is 0 Å². The summed E-state index contributed by atoms with van der Waals surface area (Å²) in [4.78, 5) is 4.61. The second-order valence-electron chi connectivity index (χ2n) is 5.13. The van der Waals surface area contributed by atoms with Gasteiger partial charge in [0, 0.05) is 5.92 Å². The van der Waals surface area contributed by atoms with Crippen LogP contribution in [0.1, 0.15) is 37.2 Å². The topological polar surface area (TPSA) is 94.4 Å². The lowest BCUT2D eigenvalue weighted by Crippen LogP contribution is -2.06. The third-order valence-corrected chi connectivity index (χ3v) is 3.23. The van der Waals surface area contributed by atoms with Gasteiger partial charge in [-0.15, -0.1) is 10.2 Å². The minimum atomic E-state index is 0.222. The van der Waals surface area contributed by atoms with E-state index in [4.69, 9.17) is 4.74 Å². The van der Waals surface area contributed by atoms with E-state index in [1.807, 2.05) is 24.3 Å². The van der Waals surface area contributed by atoms with Gasteiger partial charge >= 0.3 is 0 Å². The molecule has 0 aliphatic rings. The van der Waals surface area contributed by atoms with Crippen molar-refractivity contribution in [2.24, 2.45) is 0 Å². The molecule has 22 heavy (non-hydrogen) atoms. The highest BCUT2D eigenvalue weighted by Crippen LogP contribution is 2.24. The van der Waals surface area contributed by atoms with Crippen molar-refractivity contribution in [3.05, 3.63) is 41.7 Å². The summed E-state index contributed by atoms with van der Waals surface area (Å²) < 4.78 is 7.20. The van der Waals surface area contributed by atoms with Crippen molar-refractivity contribution in [1.82, 2.24) is 35.4 Å². The predicted octanol–water partition coefficient (Wildman–Crippen LogP) is 1.50. The largest absolute Gasteiger partial charge is 0.494 e. The number of rotatable bonds is 5. The van der Waals surface area contributed by atoms with Crippen LogP contribution in [0.15, 0.2) is 24.3 Å². The van der Waals surface area contributed by atoms with E-state index in [0.29, 0.717) is 12.2 Å². The molecule has 1 aromatic carbocycles.